The molecule has 0 aliphatic rings. The van der Waals surface area contributed by atoms with Crippen LogP contribution in [0.15, 0.2) is 48.7 Å². The molecule has 160 valence electrons. The molecule has 0 aliphatic carbocycles. The quantitative estimate of drug-likeness (QED) is 0.496. The third-order valence-corrected chi connectivity index (χ3v) is 4.63. The minimum atomic E-state index is -0.753. The van der Waals surface area contributed by atoms with Gasteiger partial charge in [0.2, 0.25) is 0 Å². The molecule has 1 N–H and O–H groups in total. The molecule has 3 rings (SSSR count). The monoisotopic (exact) mass is 431 g/mol. The predicted octanol–water partition coefficient (Wildman–Crippen LogP) is 3.91. The Morgan fingerprint density at radius 3 is 2.63 bits per heavy atom. The van der Waals surface area contributed by atoms with Gasteiger partial charge < -0.3 is 19.3 Å². The zero-order chi connectivity index (χ0) is 21.3. The lowest BCUT2D eigenvalue weighted by Crippen LogP contribution is -2.24. The highest BCUT2D eigenvalue weighted by molar-refractivity contribution is 6.30. The minimum Gasteiger partial charge on any atom is -0.493 e. The Morgan fingerprint density at radius 2 is 1.90 bits per heavy atom. The van der Waals surface area contributed by atoms with Gasteiger partial charge in [-0.1, -0.05) is 36.2 Å². The zero-order valence-corrected chi connectivity index (χ0v) is 17.9. The number of hydrogen-bond donors (Lipinski definition) is 1. The number of hydrogen-bond acceptors (Lipinski definition) is 6. The number of ether oxygens (including phenoxy) is 3. The molecule has 0 bridgehead atoms. The summed E-state index contributed by atoms with van der Waals surface area (Å²) < 4.78 is 18.4. The Labute approximate surface area is 181 Å². The molecular formula is C22H26ClN3O4. The highest BCUT2D eigenvalue weighted by atomic mass is 35.5. The van der Waals surface area contributed by atoms with Crippen molar-refractivity contribution in [3.05, 3.63) is 64.9 Å². The van der Waals surface area contributed by atoms with Gasteiger partial charge in [-0.2, -0.15) is 0 Å². The lowest BCUT2D eigenvalue weighted by Gasteiger charge is -2.15. The maximum Gasteiger partial charge on any atom is 0.161 e. The molecule has 0 spiro atoms. The van der Waals surface area contributed by atoms with Gasteiger partial charge in [0, 0.05) is 5.02 Å². The van der Waals surface area contributed by atoms with E-state index in [4.69, 9.17) is 25.8 Å². The van der Waals surface area contributed by atoms with E-state index in [-0.39, 0.29) is 19.8 Å². The van der Waals surface area contributed by atoms with Crippen LogP contribution in [0.4, 0.5) is 0 Å². The van der Waals surface area contributed by atoms with Crippen molar-refractivity contribution in [2.75, 3.05) is 13.7 Å². The number of aliphatic hydroxyl groups excluding tert-OH is 1. The number of aromatic nitrogens is 3. The lowest BCUT2D eigenvalue weighted by molar-refractivity contribution is 0.0874. The van der Waals surface area contributed by atoms with Crippen molar-refractivity contribution >= 4 is 11.6 Å². The number of aryl methyl sites for hydroxylation is 1. The number of rotatable bonds is 11. The molecule has 0 fully saturated rings. The van der Waals surface area contributed by atoms with Crippen molar-refractivity contribution in [2.24, 2.45) is 0 Å². The summed E-state index contributed by atoms with van der Waals surface area (Å²) in [4.78, 5) is 0. The van der Waals surface area contributed by atoms with Crippen LogP contribution >= 0.6 is 11.6 Å². The third kappa shape index (κ3) is 6.37. The number of benzene rings is 2. The molecule has 1 atom stereocenters. The summed E-state index contributed by atoms with van der Waals surface area (Å²) in [5.74, 6) is 1.96. The average Bonchev–Trinajstić information content (AvgIpc) is 3.19. The van der Waals surface area contributed by atoms with Crippen molar-refractivity contribution in [3.8, 4) is 17.2 Å². The Bertz CT molecular complexity index is 930. The molecular weight excluding hydrogens is 406 g/mol. The van der Waals surface area contributed by atoms with E-state index in [2.05, 4.69) is 17.2 Å². The van der Waals surface area contributed by atoms with Crippen LogP contribution in [-0.2, 0) is 19.6 Å². The summed E-state index contributed by atoms with van der Waals surface area (Å²) in [6.07, 6.45) is 3.03. The van der Waals surface area contributed by atoms with Gasteiger partial charge in [0.25, 0.3) is 0 Å². The fraction of sp³-hybridized carbons (Fsp3) is 0.364. The fourth-order valence-corrected chi connectivity index (χ4v) is 3.04. The van der Waals surface area contributed by atoms with Crippen LogP contribution in [-0.4, -0.2) is 39.9 Å². The maximum atomic E-state index is 10.3. The highest BCUT2D eigenvalue weighted by Gasteiger charge is 2.12. The van der Waals surface area contributed by atoms with E-state index in [1.807, 2.05) is 18.2 Å². The summed E-state index contributed by atoms with van der Waals surface area (Å²) in [6, 6.07) is 13.0. The van der Waals surface area contributed by atoms with Crippen LogP contribution < -0.4 is 14.2 Å². The molecule has 1 unspecified atom stereocenters. The summed E-state index contributed by atoms with van der Waals surface area (Å²) in [7, 11) is 1.61. The van der Waals surface area contributed by atoms with Gasteiger partial charge >= 0.3 is 0 Å². The second-order valence-corrected chi connectivity index (χ2v) is 7.31. The van der Waals surface area contributed by atoms with E-state index >= 15 is 0 Å². The molecule has 0 aliphatic heterocycles. The zero-order valence-electron chi connectivity index (χ0n) is 17.1. The molecule has 0 saturated heterocycles. The summed E-state index contributed by atoms with van der Waals surface area (Å²) in [6.45, 7) is 2.77. The van der Waals surface area contributed by atoms with Crippen LogP contribution in [0.1, 0.15) is 24.6 Å². The summed E-state index contributed by atoms with van der Waals surface area (Å²) in [5.41, 5.74) is 1.85. The minimum absolute atomic E-state index is 0.111. The van der Waals surface area contributed by atoms with Crippen LogP contribution in [0, 0.1) is 0 Å². The second-order valence-electron chi connectivity index (χ2n) is 6.87. The highest BCUT2D eigenvalue weighted by Crippen LogP contribution is 2.28. The van der Waals surface area contributed by atoms with E-state index in [0.717, 1.165) is 12.8 Å². The Kier molecular flexibility index (Phi) is 7.93. The molecule has 1 aromatic heterocycles. The van der Waals surface area contributed by atoms with E-state index in [1.54, 1.807) is 42.3 Å². The first-order valence-electron chi connectivity index (χ1n) is 9.82. The van der Waals surface area contributed by atoms with Crippen LogP contribution in [0.2, 0.25) is 5.02 Å². The number of methoxy groups -OCH3 is 1. The van der Waals surface area contributed by atoms with Gasteiger partial charge in [-0.15, -0.1) is 5.10 Å². The van der Waals surface area contributed by atoms with Crippen LogP contribution in [0.25, 0.3) is 0 Å². The van der Waals surface area contributed by atoms with Crippen molar-refractivity contribution in [1.29, 1.82) is 0 Å². The molecule has 8 heteroatoms. The van der Waals surface area contributed by atoms with Crippen molar-refractivity contribution in [1.82, 2.24) is 15.0 Å². The molecule has 3 aromatic rings. The van der Waals surface area contributed by atoms with Gasteiger partial charge in [-0.25, -0.2) is 4.68 Å². The Morgan fingerprint density at radius 1 is 1.10 bits per heavy atom. The second kappa shape index (κ2) is 10.8. The van der Waals surface area contributed by atoms with Crippen LogP contribution in [0.5, 0.6) is 17.2 Å². The Balaban J connectivity index is 1.48. The third-order valence-electron chi connectivity index (χ3n) is 4.38. The lowest BCUT2D eigenvalue weighted by atomic mass is 10.1. The maximum absolute atomic E-state index is 10.3. The largest absolute Gasteiger partial charge is 0.493 e. The molecule has 7 nitrogen and oxygen atoms in total. The van der Waals surface area contributed by atoms with Gasteiger partial charge in [0.15, 0.2) is 11.5 Å². The molecule has 1 heterocycles. The van der Waals surface area contributed by atoms with E-state index in [1.165, 1.54) is 5.56 Å². The first kappa shape index (κ1) is 21.9. The molecule has 2 aromatic carbocycles. The van der Waals surface area contributed by atoms with Gasteiger partial charge in [0.05, 0.1) is 19.9 Å². The van der Waals surface area contributed by atoms with Crippen molar-refractivity contribution < 1.29 is 19.3 Å². The number of halogens is 1. The normalized spacial score (nSPS) is 11.9. The van der Waals surface area contributed by atoms with Crippen molar-refractivity contribution in [3.63, 3.8) is 0 Å². The first-order valence-corrected chi connectivity index (χ1v) is 10.2. The first-order chi connectivity index (χ1) is 14.6. The molecule has 30 heavy (non-hydrogen) atoms. The summed E-state index contributed by atoms with van der Waals surface area (Å²) in [5, 5.41) is 19.1. The standard InChI is InChI=1S/C22H26ClN3O4/c1-3-4-16-5-10-21(22(11-16)28-2)30-15-19(27)13-26-12-18(24-25-26)14-29-20-8-6-17(23)7-9-20/h5-12,19,27H,3-4,13-15H2,1-2H3. The Hall–Kier alpha value is -2.77. The van der Waals surface area contributed by atoms with Crippen LogP contribution in [0.3, 0.4) is 0 Å². The van der Waals surface area contributed by atoms with Gasteiger partial charge in [-0.3, -0.25) is 0 Å². The van der Waals surface area contributed by atoms with Gasteiger partial charge in [0.1, 0.15) is 30.8 Å². The predicted molar refractivity (Wildman–Crippen MR) is 114 cm³/mol. The van der Waals surface area contributed by atoms with E-state index in [9.17, 15) is 5.11 Å². The SMILES string of the molecule is CCCc1ccc(OCC(O)Cn2cc(COc3ccc(Cl)cc3)nn2)c(OC)c1. The topological polar surface area (TPSA) is 78.6 Å². The number of aliphatic hydroxyl groups is 1. The molecule has 0 saturated carbocycles. The average molecular weight is 432 g/mol. The van der Waals surface area contributed by atoms with Crippen molar-refractivity contribution in [2.45, 2.75) is 39.0 Å². The number of nitrogens with zero attached hydrogens (tertiary/aromatic N) is 3. The fourth-order valence-electron chi connectivity index (χ4n) is 2.91. The summed E-state index contributed by atoms with van der Waals surface area (Å²) >= 11 is 5.86. The molecule has 0 amide bonds. The molecule has 0 radical (unpaired) electrons. The van der Waals surface area contributed by atoms with Gasteiger partial charge in [-0.05, 0) is 48.4 Å². The van der Waals surface area contributed by atoms with E-state index < -0.39 is 6.10 Å². The smallest absolute Gasteiger partial charge is 0.161 e. The van der Waals surface area contributed by atoms with E-state index in [0.29, 0.717) is 28.0 Å².